The van der Waals surface area contributed by atoms with Gasteiger partial charge in [0.05, 0.1) is 9.77 Å². The lowest BCUT2D eigenvalue weighted by Crippen LogP contribution is -2.20. The standard InChI is InChI=1S/C6ClF5N6P/c7-19(17-15-13,18-16-14)6-4(11)2(9)1(8)3(10)5(6)12/q+1. The van der Waals surface area contributed by atoms with Crippen LogP contribution in [-0.2, 0) is 0 Å². The summed E-state index contributed by atoms with van der Waals surface area (Å²) in [6, 6.07) is 0. The topological polar surface area (TPSA) is 97.5 Å². The summed E-state index contributed by atoms with van der Waals surface area (Å²) in [6.07, 6.45) is 0. The minimum atomic E-state index is -4.48. The summed E-state index contributed by atoms with van der Waals surface area (Å²) in [6.45, 7) is -4.48. The molecule has 19 heavy (non-hydrogen) atoms. The zero-order valence-corrected chi connectivity index (χ0v) is 10.0. The number of azide groups is 1. The molecule has 1 aromatic carbocycles. The Morgan fingerprint density at radius 3 is 1.42 bits per heavy atom. The van der Waals surface area contributed by atoms with Gasteiger partial charge in [0.25, 0.3) is 0 Å². The van der Waals surface area contributed by atoms with Crippen LogP contribution in [0.25, 0.3) is 20.9 Å². The quantitative estimate of drug-likeness (QED) is 0.148. The molecule has 0 aromatic heterocycles. The van der Waals surface area contributed by atoms with Crippen LogP contribution in [0.4, 0.5) is 22.0 Å². The summed E-state index contributed by atoms with van der Waals surface area (Å²) in [5, 5.41) is -1.65. The second-order valence-electron chi connectivity index (χ2n) is 2.80. The van der Waals surface area contributed by atoms with Crippen LogP contribution in [0.3, 0.4) is 0 Å². The van der Waals surface area contributed by atoms with Crippen LogP contribution in [-0.4, -0.2) is 0 Å². The number of benzene rings is 1. The molecule has 13 heteroatoms. The summed E-state index contributed by atoms with van der Waals surface area (Å²) in [5.74, 6) is -11.6. The van der Waals surface area contributed by atoms with E-state index in [1.807, 2.05) is 0 Å². The van der Waals surface area contributed by atoms with Crippen LogP contribution in [0.5, 0.6) is 0 Å². The van der Waals surface area contributed by atoms with Gasteiger partial charge in [-0.3, -0.25) is 0 Å². The van der Waals surface area contributed by atoms with Gasteiger partial charge < -0.3 is 0 Å². The predicted octanol–water partition coefficient (Wildman–Crippen LogP) is 4.63. The van der Waals surface area contributed by atoms with Crippen molar-refractivity contribution in [3.05, 3.63) is 50.0 Å². The third-order valence-electron chi connectivity index (χ3n) is 1.79. The van der Waals surface area contributed by atoms with Crippen molar-refractivity contribution in [2.24, 2.45) is 9.77 Å². The van der Waals surface area contributed by atoms with Crippen LogP contribution in [0.15, 0.2) is 9.77 Å². The number of hydrogen-bond donors (Lipinski definition) is 0. The molecule has 0 fully saturated rings. The Labute approximate surface area is 106 Å². The molecule has 1 rings (SSSR count). The molecule has 0 aliphatic heterocycles. The molecular weight excluding hydrogens is 318 g/mol. The van der Waals surface area contributed by atoms with Crippen LogP contribution >= 0.6 is 18.2 Å². The number of rotatable bonds is 3. The summed E-state index contributed by atoms with van der Waals surface area (Å²) in [4.78, 5) is 9.45. The van der Waals surface area contributed by atoms with Crippen molar-refractivity contribution in [3.63, 3.8) is 0 Å². The van der Waals surface area contributed by atoms with Gasteiger partial charge in [-0.15, -0.1) is 0 Å². The van der Waals surface area contributed by atoms with Crippen molar-refractivity contribution in [1.29, 1.82) is 0 Å². The average Bonchev–Trinajstić information content (AvgIpc) is 2.34. The molecule has 0 unspecified atom stereocenters. The van der Waals surface area contributed by atoms with Crippen molar-refractivity contribution in [1.82, 2.24) is 0 Å². The van der Waals surface area contributed by atoms with Gasteiger partial charge in [-0.2, -0.15) is 8.78 Å². The Morgan fingerprint density at radius 1 is 0.789 bits per heavy atom. The van der Waals surface area contributed by atoms with E-state index >= 15 is 0 Å². The fourth-order valence-electron chi connectivity index (χ4n) is 1.06. The Kier molecular flexibility index (Phi) is 4.39. The Balaban J connectivity index is 3.85. The highest BCUT2D eigenvalue weighted by Gasteiger charge is 2.50. The van der Waals surface area contributed by atoms with Crippen molar-refractivity contribution in [3.8, 4) is 0 Å². The fraction of sp³-hybridized carbons (Fsp3) is 0. The minimum absolute atomic E-state index is 1.65. The summed E-state index contributed by atoms with van der Waals surface area (Å²) >= 11 is 5.41. The lowest BCUT2D eigenvalue weighted by Gasteiger charge is -2.08. The van der Waals surface area contributed by atoms with E-state index in [4.69, 9.17) is 22.3 Å². The number of halogens is 6. The molecule has 0 amide bonds. The molecule has 0 atom stereocenters. The van der Waals surface area contributed by atoms with E-state index in [0.717, 1.165) is 0 Å². The third kappa shape index (κ3) is 2.50. The van der Waals surface area contributed by atoms with E-state index in [1.165, 1.54) is 0 Å². The Bertz CT molecular complexity index is 592. The normalized spacial score (nSPS) is 13.2. The van der Waals surface area contributed by atoms with Crippen LogP contribution in [0.2, 0.25) is 0 Å². The maximum absolute atomic E-state index is 13.4. The molecule has 0 N–H and O–H groups in total. The van der Waals surface area contributed by atoms with Gasteiger partial charge in [0.15, 0.2) is 0 Å². The van der Waals surface area contributed by atoms with E-state index in [-0.39, 0.29) is 0 Å². The van der Waals surface area contributed by atoms with Gasteiger partial charge in [0, 0.05) is 9.82 Å². The minimum Gasteiger partial charge on any atom is -0.200 e. The van der Waals surface area contributed by atoms with Gasteiger partial charge in [0.2, 0.25) is 34.4 Å². The lowest BCUT2D eigenvalue weighted by molar-refractivity contribution is 0.384. The molecule has 100 valence electrons. The molecule has 0 spiro atoms. The highest BCUT2D eigenvalue weighted by atomic mass is 35.7. The predicted molar refractivity (Wildman–Crippen MR) is 56.9 cm³/mol. The van der Waals surface area contributed by atoms with Crippen molar-refractivity contribution < 1.29 is 22.0 Å². The van der Waals surface area contributed by atoms with Crippen molar-refractivity contribution >= 4 is 23.5 Å². The van der Waals surface area contributed by atoms with Crippen LogP contribution < -0.4 is 5.30 Å². The molecule has 0 saturated heterocycles. The number of hydrogen-bond acceptors (Lipinski definition) is 2. The zero-order chi connectivity index (χ0) is 14.8. The van der Waals surface area contributed by atoms with E-state index in [2.05, 4.69) is 19.6 Å². The molecular formula is C6ClF5N6P+. The second-order valence-corrected chi connectivity index (χ2v) is 6.07. The first kappa shape index (κ1) is 15.3. The molecule has 0 bridgehead atoms. The number of nitrogens with zero attached hydrogens (tertiary/aromatic N) is 6. The van der Waals surface area contributed by atoms with E-state index < -0.39 is 41.3 Å². The Hall–Kier alpha value is -1.79. The first-order valence-electron chi connectivity index (χ1n) is 4.04. The zero-order valence-electron chi connectivity index (χ0n) is 8.40. The monoisotopic (exact) mass is 317 g/mol. The average molecular weight is 318 g/mol. The van der Waals surface area contributed by atoms with Gasteiger partial charge in [-0.1, -0.05) is 0 Å². The van der Waals surface area contributed by atoms with Crippen molar-refractivity contribution in [2.45, 2.75) is 0 Å². The lowest BCUT2D eigenvalue weighted by atomic mass is 10.3. The molecule has 0 radical (unpaired) electrons. The first-order valence-corrected chi connectivity index (χ1v) is 6.64. The van der Waals surface area contributed by atoms with Gasteiger partial charge >= 0.3 is 6.92 Å². The van der Waals surface area contributed by atoms with Gasteiger partial charge in [-0.05, 0) is 11.1 Å². The van der Waals surface area contributed by atoms with E-state index in [1.54, 1.807) is 0 Å². The first-order chi connectivity index (χ1) is 8.80. The summed E-state index contributed by atoms with van der Waals surface area (Å²) in [7, 11) is 0. The van der Waals surface area contributed by atoms with Gasteiger partial charge in [0.1, 0.15) is 11.2 Å². The summed E-state index contributed by atoms with van der Waals surface area (Å²) < 4.78 is 65.5. The third-order valence-corrected chi connectivity index (χ3v) is 4.30. The van der Waals surface area contributed by atoms with Gasteiger partial charge in [-0.25, -0.2) is 13.2 Å². The molecule has 0 heterocycles. The van der Waals surface area contributed by atoms with Crippen LogP contribution in [0, 0.1) is 29.1 Å². The SMILES string of the molecule is [N-]=[N+]=N[P+](Cl)(N=[N+]=[N-])c1c(F)c(F)c(F)c(F)c1F. The van der Waals surface area contributed by atoms with Crippen LogP contribution in [0.1, 0.15) is 0 Å². The summed E-state index contributed by atoms with van der Waals surface area (Å²) in [5.41, 5.74) is 16.4. The fourth-order valence-corrected chi connectivity index (χ4v) is 2.81. The van der Waals surface area contributed by atoms with E-state index in [0.29, 0.717) is 0 Å². The Morgan fingerprint density at radius 2 is 1.11 bits per heavy atom. The molecule has 0 aliphatic carbocycles. The second kappa shape index (κ2) is 5.46. The maximum atomic E-state index is 13.4. The molecule has 0 saturated carbocycles. The largest absolute Gasteiger partial charge is 0.372 e. The molecule has 0 aliphatic rings. The van der Waals surface area contributed by atoms with Crippen molar-refractivity contribution in [2.75, 3.05) is 0 Å². The smallest absolute Gasteiger partial charge is 0.200 e. The highest BCUT2D eigenvalue weighted by molar-refractivity contribution is 8.02. The maximum Gasteiger partial charge on any atom is 0.372 e. The molecule has 1 aromatic rings. The molecule has 6 nitrogen and oxygen atoms in total. The van der Waals surface area contributed by atoms with E-state index in [9.17, 15) is 22.0 Å². The highest BCUT2D eigenvalue weighted by Crippen LogP contribution is 2.67.